The molecule has 0 aliphatic carbocycles. The first-order chi connectivity index (χ1) is 15.0. The number of carbonyl (C=O) groups is 2. The van der Waals surface area contributed by atoms with Crippen molar-refractivity contribution in [2.24, 2.45) is 0 Å². The molecular formula is C21H16FN5O3S. The number of carbonyl (C=O) groups excluding carboxylic acids is 2. The van der Waals surface area contributed by atoms with Crippen LogP contribution in [-0.4, -0.2) is 44.6 Å². The molecule has 0 bridgehead atoms. The van der Waals surface area contributed by atoms with E-state index in [1.54, 1.807) is 48.5 Å². The lowest BCUT2D eigenvalue weighted by molar-refractivity contribution is -0.113. The number of hydrogen-bond donors (Lipinski definition) is 1. The fourth-order valence-corrected chi connectivity index (χ4v) is 3.46. The van der Waals surface area contributed by atoms with Crippen molar-refractivity contribution < 1.29 is 18.7 Å². The predicted molar refractivity (Wildman–Crippen MR) is 113 cm³/mol. The van der Waals surface area contributed by atoms with Gasteiger partial charge in [-0.1, -0.05) is 23.9 Å². The summed E-state index contributed by atoms with van der Waals surface area (Å²) in [7, 11) is 1.31. The molecule has 0 atom stereocenters. The third kappa shape index (κ3) is 4.69. The van der Waals surface area contributed by atoms with Crippen molar-refractivity contribution in [2.45, 2.75) is 5.03 Å². The Morgan fingerprint density at radius 2 is 1.90 bits per heavy atom. The van der Waals surface area contributed by atoms with E-state index in [9.17, 15) is 14.0 Å². The number of methoxy groups -OCH3 is 1. The van der Waals surface area contributed by atoms with Crippen LogP contribution in [-0.2, 0) is 9.53 Å². The number of anilines is 1. The summed E-state index contributed by atoms with van der Waals surface area (Å²) in [5.74, 6) is -0.522. The normalized spacial score (nSPS) is 10.8. The van der Waals surface area contributed by atoms with Crippen LogP contribution in [0.15, 0.2) is 65.7 Å². The summed E-state index contributed by atoms with van der Waals surface area (Å²) in [6.07, 6.45) is 0. The predicted octanol–water partition coefficient (Wildman–Crippen LogP) is 3.45. The van der Waals surface area contributed by atoms with Crippen LogP contribution < -0.4 is 5.32 Å². The maximum absolute atomic E-state index is 13.6. The number of fused-ring (bicyclic) bond motifs is 1. The van der Waals surface area contributed by atoms with Gasteiger partial charge < -0.3 is 10.1 Å². The zero-order valence-electron chi connectivity index (χ0n) is 16.3. The van der Waals surface area contributed by atoms with Gasteiger partial charge >= 0.3 is 5.97 Å². The number of benzene rings is 2. The molecular weight excluding hydrogens is 421 g/mol. The fraction of sp³-hybridized carbons (Fsp3) is 0.0952. The van der Waals surface area contributed by atoms with Crippen molar-refractivity contribution in [3.63, 3.8) is 0 Å². The van der Waals surface area contributed by atoms with Gasteiger partial charge in [-0.2, -0.15) is 9.61 Å². The highest BCUT2D eigenvalue weighted by Crippen LogP contribution is 2.21. The Hall–Kier alpha value is -3.79. The second-order valence-corrected chi connectivity index (χ2v) is 7.38. The molecule has 0 saturated heterocycles. The van der Waals surface area contributed by atoms with Gasteiger partial charge in [0.15, 0.2) is 11.5 Å². The van der Waals surface area contributed by atoms with E-state index < -0.39 is 5.97 Å². The van der Waals surface area contributed by atoms with E-state index in [1.807, 2.05) is 0 Å². The lowest BCUT2D eigenvalue weighted by atomic mass is 10.2. The van der Waals surface area contributed by atoms with Crippen LogP contribution in [0.25, 0.3) is 17.0 Å². The van der Waals surface area contributed by atoms with Crippen LogP contribution in [0.3, 0.4) is 0 Å². The van der Waals surface area contributed by atoms with Crippen LogP contribution in [0.1, 0.15) is 10.4 Å². The molecule has 0 aliphatic heterocycles. The first-order valence-electron chi connectivity index (χ1n) is 9.13. The number of rotatable bonds is 6. The third-order valence-corrected chi connectivity index (χ3v) is 5.18. The summed E-state index contributed by atoms with van der Waals surface area (Å²) in [5, 5.41) is 15.9. The molecule has 0 aliphatic rings. The minimum Gasteiger partial charge on any atom is -0.465 e. The summed E-state index contributed by atoms with van der Waals surface area (Å²) in [6.45, 7) is 0. The van der Waals surface area contributed by atoms with Gasteiger partial charge in [-0.3, -0.25) is 4.79 Å². The zero-order valence-corrected chi connectivity index (χ0v) is 17.1. The van der Waals surface area contributed by atoms with Crippen molar-refractivity contribution >= 4 is 35.0 Å². The summed E-state index contributed by atoms with van der Waals surface area (Å²) < 4.78 is 19.7. The van der Waals surface area contributed by atoms with Gasteiger partial charge in [0, 0.05) is 11.3 Å². The standard InChI is InChI=1S/C21H16FN5O3S/c1-30-21(29)13-5-7-16(8-6-13)23-18(28)12-31-19-10-9-17-24-25-20(27(17)26-19)14-3-2-4-15(22)11-14/h2-11H,12H2,1H3,(H,23,28). The molecule has 10 heteroatoms. The minimum absolute atomic E-state index is 0.120. The Labute approximate surface area is 180 Å². The number of aromatic nitrogens is 4. The van der Waals surface area contributed by atoms with Crippen molar-refractivity contribution in [2.75, 3.05) is 18.2 Å². The Kier molecular flexibility index (Phi) is 5.89. The largest absolute Gasteiger partial charge is 0.465 e. The van der Waals surface area contributed by atoms with E-state index in [-0.39, 0.29) is 17.5 Å². The van der Waals surface area contributed by atoms with E-state index in [1.165, 1.54) is 35.5 Å². The molecule has 156 valence electrons. The van der Waals surface area contributed by atoms with Gasteiger partial charge in [-0.25, -0.2) is 9.18 Å². The van der Waals surface area contributed by atoms with E-state index >= 15 is 0 Å². The highest BCUT2D eigenvalue weighted by molar-refractivity contribution is 7.99. The Bertz CT molecular complexity index is 1260. The smallest absolute Gasteiger partial charge is 0.337 e. The SMILES string of the molecule is COC(=O)c1ccc(NC(=O)CSc2ccc3nnc(-c4cccc(F)c4)n3n2)cc1. The molecule has 2 aromatic carbocycles. The maximum atomic E-state index is 13.6. The number of halogens is 1. The molecule has 31 heavy (non-hydrogen) atoms. The maximum Gasteiger partial charge on any atom is 0.337 e. The van der Waals surface area contributed by atoms with Crippen molar-refractivity contribution in [1.29, 1.82) is 0 Å². The van der Waals surface area contributed by atoms with Gasteiger partial charge in [0.25, 0.3) is 0 Å². The number of thioether (sulfide) groups is 1. The molecule has 1 N–H and O–H groups in total. The Morgan fingerprint density at radius 3 is 2.65 bits per heavy atom. The van der Waals surface area contributed by atoms with Gasteiger partial charge in [0.2, 0.25) is 5.91 Å². The van der Waals surface area contributed by atoms with Gasteiger partial charge in [0.05, 0.1) is 18.4 Å². The van der Waals surface area contributed by atoms with Gasteiger partial charge in [-0.05, 0) is 48.5 Å². The second kappa shape index (κ2) is 8.92. The molecule has 2 aromatic heterocycles. The fourth-order valence-electron chi connectivity index (χ4n) is 2.80. The summed E-state index contributed by atoms with van der Waals surface area (Å²) in [4.78, 5) is 23.7. The van der Waals surface area contributed by atoms with Crippen LogP contribution in [0.4, 0.5) is 10.1 Å². The number of esters is 1. The first kappa shape index (κ1) is 20.5. The molecule has 4 aromatic rings. The second-order valence-electron chi connectivity index (χ2n) is 6.38. The Balaban J connectivity index is 1.43. The molecule has 0 unspecified atom stereocenters. The van der Waals surface area contributed by atoms with E-state index in [4.69, 9.17) is 0 Å². The van der Waals surface area contributed by atoms with E-state index in [0.717, 1.165) is 0 Å². The molecule has 2 heterocycles. The molecule has 8 nitrogen and oxygen atoms in total. The summed E-state index contributed by atoms with van der Waals surface area (Å²) in [6, 6.07) is 15.9. The van der Waals surface area contributed by atoms with Crippen molar-refractivity contribution in [1.82, 2.24) is 19.8 Å². The van der Waals surface area contributed by atoms with E-state index in [2.05, 4.69) is 25.3 Å². The molecule has 4 rings (SSSR count). The number of nitrogens with one attached hydrogen (secondary N) is 1. The third-order valence-electron chi connectivity index (χ3n) is 4.26. The number of ether oxygens (including phenoxy) is 1. The zero-order chi connectivity index (χ0) is 21.8. The minimum atomic E-state index is -0.443. The highest BCUT2D eigenvalue weighted by Gasteiger charge is 2.12. The summed E-state index contributed by atoms with van der Waals surface area (Å²) in [5.41, 5.74) is 2.03. The lowest BCUT2D eigenvalue weighted by Crippen LogP contribution is -2.14. The van der Waals surface area contributed by atoms with Crippen LogP contribution in [0, 0.1) is 5.82 Å². The van der Waals surface area contributed by atoms with E-state index in [0.29, 0.717) is 33.3 Å². The van der Waals surface area contributed by atoms with Crippen LogP contribution in [0.5, 0.6) is 0 Å². The number of amides is 1. The number of hydrogen-bond acceptors (Lipinski definition) is 7. The van der Waals surface area contributed by atoms with Crippen LogP contribution in [0.2, 0.25) is 0 Å². The quantitative estimate of drug-likeness (QED) is 0.364. The average Bonchev–Trinajstić information content (AvgIpc) is 3.21. The van der Waals surface area contributed by atoms with Crippen LogP contribution >= 0.6 is 11.8 Å². The highest BCUT2D eigenvalue weighted by atomic mass is 32.2. The van der Waals surface area contributed by atoms with Gasteiger partial charge in [0.1, 0.15) is 10.8 Å². The lowest BCUT2D eigenvalue weighted by Gasteiger charge is -2.06. The average molecular weight is 437 g/mol. The van der Waals surface area contributed by atoms with Crippen molar-refractivity contribution in [3.05, 3.63) is 72.0 Å². The van der Waals surface area contributed by atoms with Crippen molar-refractivity contribution in [3.8, 4) is 11.4 Å². The molecule has 1 amide bonds. The number of nitrogens with zero attached hydrogens (tertiary/aromatic N) is 4. The Morgan fingerprint density at radius 1 is 1.10 bits per heavy atom. The molecule has 0 fully saturated rings. The van der Waals surface area contributed by atoms with Gasteiger partial charge in [-0.15, -0.1) is 10.2 Å². The summed E-state index contributed by atoms with van der Waals surface area (Å²) >= 11 is 1.24. The molecule has 0 radical (unpaired) electrons. The topological polar surface area (TPSA) is 98.5 Å². The molecule has 0 spiro atoms. The monoisotopic (exact) mass is 437 g/mol. The molecule has 0 saturated carbocycles. The first-order valence-corrected chi connectivity index (χ1v) is 10.1.